The van der Waals surface area contributed by atoms with Gasteiger partial charge in [-0.05, 0) is 25.0 Å². The third-order valence-electron chi connectivity index (χ3n) is 4.11. The molecule has 0 spiro atoms. The molecule has 1 aromatic heterocycles. The van der Waals surface area contributed by atoms with Crippen molar-refractivity contribution in [2.24, 2.45) is 5.92 Å². The highest BCUT2D eigenvalue weighted by Gasteiger charge is 2.24. The molecule has 0 aliphatic carbocycles. The van der Waals surface area contributed by atoms with Crippen LogP contribution in [0.25, 0.3) is 0 Å². The van der Waals surface area contributed by atoms with Gasteiger partial charge in [-0.2, -0.15) is 10.3 Å². The summed E-state index contributed by atoms with van der Waals surface area (Å²) in [6, 6.07) is 6.08. The van der Waals surface area contributed by atoms with Crippen LogP contribution in [0, 0.1) is 11.7 Å². The zero-order chi connectivity index (χ0) is 18.2. The van der Waals surface area contributed by atoms with Crippen LogP contribution in [0.15, 0.2) is 35.5 Å². The largest absolute Gasteiger partial charge is 0.493 e. The number of H-pyrrole nitrogens is 1. The molecule has 1 fully saturated rings. The first-order valence-electron chi connectivity index (χ1n) is 8.60. The van der Waals surface area contributed by atoms with E-state index >= 15 is 0 Å². The number of aromatic nitrogens is 3. The number of amides is 2. The summed E-state index contributed by atoms with van der Waals surface area (Å²) >= 11 is 1.53. The molecule has 2 N–H and O–H groups in total. The second kappa shape index (κ2) is 9.42. The summed E-state index contributed by atoms with van der Waals surface area (Å²) in [6.45, 7) is 2.45. The van der Waals surface area contributed by atoms with Gasteiger partial charge in [0.15, 0.2) is 0 Å². The number of benzene rings is 1. The van der Waals surface area contributed by atoms with E-state index in [1.54, 1.807) is 18.3 Å². The Kier molecular flexibility index (Phi) is 6.70. The molecule has 140 valence electrons. The number of halogens is 1. The van der Waals surface area contributed by atoms with Gasteiger partial charge in [0.25, 0.3) is 0 Å². The van der Waals surface area contributed by atoms with E-state index in [2.05, 4.69) is 20.7 Å². The fourth-order valence-corrected chi connectivity index (χ4v) is 3.49. The Labute approximate surface area is 155 Å². The van der Waals surface area contributed by atoms with Crippen LogP contribution in [-0.4, -0.2) is 58.3 Å². The van der Waals surface area contributed by atoms with Crippen molar-refractivity contribution in [2.45, 2.75) is 17.9 Å². The molecule has 0 saturated carbocycles. The molecule has 2 heterocycles. The van der Waals surface area contributed by atoms with Gasteiger partial charge in [0.05, 0.1) is 12.8 Å². The van der Waals surface area contributed by atoms with Crippen LogP contribution in [0.2, 0.25) is 0 Å². The SMILES string of the molecule is O=C(NCCSc1cn[nH]n1)N1CCC[C@H](COc2cccc(F)c2)C1. The van der Waals surface area contributed by atoms with Gasteiger partial charge in [0.2, 0.25) is 0 Å². The maximum atomic E-state index is 13.2. The fourth-order valence-electron chi connectivity index (χ4n) is 2.84. The van der Waals surface area contributed by atoms with Crippen LogP contribution in [-0.2, 0) is 0 Å². The van der Waals surface area contributed by atoms with Crippen LogP contribution in [0.5, 0.6) is 5.75 Å². The van der Waals surface area contributed by atoms with E-state index in [4.69, 9.17) is 4.74 Å². The maximum Gasteiger partial charge on any atom is 0.317 e. The quantitative estimate of drug-likeness (QED) is 0.571. The monoisotopic (exact) mass is 379 g/mol. The van der Waals surface area contributed by atoms with Gasteiger partial charge < -0.3 is 15.0 Å². The number of aromatic amines is 1. The van der Waals surface area contributed by atoms with Crippen LogP contribution < -0.4 is 10.1 Å². The van der Waals surface area contributed by atoms with Crippen LogP contribution in [0.4, 0.5) is 9.18 Å². The summed E-state index contributed by atoms with van der Waals surface area (Å²) in [6.07, 6.45) is 3.60. The predicted molar refractivity (Wildman–Crippen MR) is 96.7 cm³/mol. The van der Waals surface area contributed by atoms with E-state index in [0.717, 1.165) is 30.2 Å². The molecule has 0 unspecified atom stereocenters. The fraction of sp³-hybridized carbons (Fsp3) is 0.471. The standard InChI is InChI=1S/C17H22FN5O2S/c18-14-4-1-5-15(9-14)25-12-13-3-2-7-23(11-13)17(24)19-6-8-26-16-10-20-22-21-16/h1,4-5,9-10,13H,2-3,6-8,11-12H2,(H,19,24)(H,20,21,22)/t13-/m0/s1. The topological polar surface area (TPSA) is 83.1 Å². The second-order valence-electron chi connectivity index (χ2n) is 6.11. The molecule has 1 aliphatic rings. The number of nitrogens with zero attached hydrogens (tertiary/aromatic N) is 3. The summed E-state index contributed by atoms with van der Waals surface area (Å²) in [5.74, 6) is 1.20. The van der Waals surface area contributed by atoms with Crippen molar-refractivity contribution in [1.82, 2.24) is 25.6 Å². The number of ether oxygens (including phenoxy) is 1. The van der Waals surface area contributed by atoms with E-state index in [1.807, 2.05) is 4.90 Å². The summed E-state index contributed by atoms with van der Waals surface area (Å²) in [5.41, 5.74) is 0. The minimum absolute atomic E-state index is 0.0544. The number of thioether (sulfide) groups is 1. The number of carbonyl (C=O) groups excluding carboxylic acids is 1. The number of hydrogen-bond donors (Lipinski definition) is 2. The molecule has 1 saturated heterocycles. The first-order valence-corrected chi connectivity index (χ1v) is 9.59. The molecule has 2 aromatic rings. The minimum atomic E-state index is -0.310. The highest BCUT2D eigenvalue weighted by molar-refractivity contribution is 7.99. The normalized spacial score (nSPS) is 17.1. The Morgan fingerprint density at radius 1 is 1.50 bits per heavy atom. The van der Waals surface area contributed by atoms with Crippen molar-refractivity contribution in [3.63, 3.8) is 0 Å². The molecule has 7 nitrogen and oxygen atoms in total. The minimum Gasteiger partial charge on any atom is -0.493 e. The number of hydrogen-bond acceptors (Lipinski definition) is 5. The van der Waals surface area contributed by atoms with Crippen molar-refractivity contribution < 1.29 is 13.9 Å². The van der Waals surface area contributed by atoms with E-state index in [-0.39, 0.29) is 17.8 Å². The molecular formula is C17H22FN5O2S. The number of rotatable bonds is 7. The lowest BCUT2D eigenvalue weighted by Gasteiger charge is -2.32. The first kappa shape index (κ1) is 18.5. The molecule has 0 radical (unpaired) electrons. The Bertz CT molecular complexity index is 700. The smallest absolute Gasteiger partial charge is 0.317 e. The average Bonchev–Trinajstić information content (AvgIpc) is 3.17. The van der Waals surface area contributed by atoms with Gasteiger partial charge in [-0.3, -0.25) is 0 Å². The second-order valence-corrected chi connectivity index (χ2v) is 7.23. The maximum absolute atomic E-state index is 13.2. The zero-order valence-corrected chi connectivity index (χ0v) is 15.2. The number of likely N-dealkylation sites (tertiary alicyclic amines) is 1. The molecule has 2 amide bonds. The van der Waals surface area contributed by atoms with Crippen molar-refractivity contribution in [1.29, 1.82) is 0 Å². The molecule has 26 heavy (non-hydrogen) atoms. The highest BCUT2D eigenvalue weighted by Crippen LogP contribution is 2.19. The zero-order valence-electron chi connectivity index (χ0n) is 14.4. The van der Waals surface area contributed by atoms with Gasteiger partial charge in [0, 0.05) is 37.4 Å². The molecule has 3 rings (SSSR count). The lowest BCUT2D eigenvalue weighted by Crippen LogP contribution is -2.47. The van der Waals surface area contributed by atoms with Gasteiger partial charge in [-0.15, -0.1) is 16.9 Å². The van der Waals surface area contributed by atoms with Crippen LogP contribution in [0.3, 0.4) is 0 Å². The van der Waals surface area contributed by atoms with Crippen LogP contribution in [0.1, 0.15) is 12.8 Å². The Balaban J connectivity index is 1.37. The third kappa shape index (κ3) is 5.62. The molecular weight excluding hydrogens is 357 g/mol. The average molecular weight is 379 g/mol. The van der Waals surface area contributed by atoms with Crippen molar-refractivity contribution in [3.8, 4) is 5.75 Å². The molecule has 1 atom stereocenters. The van der Waals surface area contributed by atoms with Gasteiger partial charge in [-0.25, -0.2) is 9.18 Å². The third-order valence-corrected chi connectivity index (χ3v) is 5.01. The van der Waals surface area contributed by atoms with E-state index in [9.17, 15) is 9.18 Å². The van der Waals surface area contributed by atoms with Gasteiger partial charge in [-0.1, -0.05) is 6.07 Å². The number of piperidine rings is 1. The number of carbonyl (C=O) groups is 1. The van der Waals surface area contributed by atoms with Crippen molar-refractivity contribution >= 4 is 17.8 Å². The Morgan fingerprint density at radius 2 is 2.42 bits per heavy atom. The highest BCUT2D eigenvalue weighted by atomic mass is 32.2. The summed E-state index contributed by atoms with van der Waals surface area (Å²) in [7, 11) is 0. The number of urea groups is 1. The summed E-state index contributed by atoms with van der Waals surface area (Å²) in [5, 5.41) is 14.0. The molecule has 9 heteroatoms. The van der Waals surface area contributed by atoms with E-state index in [0.29, 0.717) is 25.4 Å². The first-order chi connectivity index (χ1) is 12.7. The summed E-state index contributed by atoms with van der Waals surface area (Å²) < 4.78 is 18.9. The number of nitrogens with one attached hydrogen (secondary N) is 2. The predicted octanol–water partition coefficient (Wildman–Crippen LogP) is 2.54. The lowest BCUT2D eigenvalue weighted by atomic mass is 9.99. The lowest BCUT2D eigenvalue weighted by molar-refractivity contribution is 0.137. The van der Waals surface area contributed by atoms with E-state index < -0.39 is 0 Å². The Morgan fingerprint density at radius 3 is 3.23 bits per heavy atom. The summed E-state index contributed by atoms with van der Waals surface area (Å²) in [4.78, 5) is 14.1. The molecule has 1 aromatic carbocycles. The van der Waals surface area contributed by atoms with Crippen molar-refractivity contribution in [3.05, 3.63) is 36.3 Å². The Hall–Kier alpha value is -2.29. The van der Waals surface area contributed by atoms with Gasteiger partial charge >= 0.3 is 6.03 Å². The van der Waals surface area contributed by atoms with Crippen molar-refractivity contribution in [2.75, 3.05) is 32.0 Å². The van der Waals surface area contributed by atoms with E-state index in [1.165, 1.54) is 23.9 Å². The molecule has 0 bridgehead atoms. The van der Waals surface area contributed by atoms with Crippen LogP contribution >= 0.6 is 11.8 Å². The molecule has 1 aliphatic heterocycles. The van der Waals surface area contributed by atoms with Gasteiger partial charge in [0.1, 0.15) is 16.6 Å².